The van der Waals surface area contributed by atoms with Crippen LogP contribution in [0.1, 0.15) is 16.7 Å². The van der Waals surface area contributed by atoms with Crippen molar-refractivity contribution in [1.29, 1.82) is 0 Å². The lowest BCUT2D eigenvalue weighted by Gasteiger charge is -2.14. The minimum absolute atomic E-state index is 0.158. The van der Waals surface area contributed by atoms with Gasteiger partial charge in [0.25, 0.3) is 0 Å². The Morgan fingerprint density at radius 1 is 1.04 bits per heavy atom. The molecule has 26 heavy (non-hydrogen) atoms. The number of benzene rings is 2. The highest BCUT2D eigenvalue weighted by Crippen LogP contribution is 2.31. The molecule has 0 fully saturated rings. The molecule has 138 valence electrons. The zero-order chi connectivity index (χ0) is 18.9. The molecule has 1 N–H and O–H groups in total. The van der Waals surface area contributed by atoms with Gasteiger partial charge in [-0.1, -0.05) is 36.4 Å². The van der Waals surface area contributed by atoms with Crippen LogP contribution in [0.2, 0.25) is 0 Å². The Morgan fingerprint density at radius 2 is 1.77 bits per heavy atom. The molecule has 0 spiro atoms. The molecule has 0 aliphatic heterocycles. The van der Waals surface area contributed by atoms with Gasteiger partial charge in [0.05, 0.1) is 14.2 Å². The molecule has 2 aromatic carbocycles. The van der Waals surface area contributed by atoms with Crippen LogP contribution in [0.3, 0.4) is 0 Å². The molecule has 0 saturated carbocycles. The summed E-state index contributed by atoms with van der Waals surface area (Å²) >= 11 is 0. The van der Waals surface area contributed by atoms with Crippen molar-refractivity contribution >= 4 is 12.0 Å². The van der Waals surface area contributed by atoms with Gasteiger partial charge in [0.15, 0.2) is 11.5 Å². The van der Waals surface area contributed by atoms with E-state index in [-0.39, 0.29) is 5.91 Å². The lowest BCUT2D eigenvalue weighted by Crippen LogP contribution is -2.22. The summed E-state index contributed by atoms with van der Waals surface area (Å²) in [7, 11) is 7.22. The largest absolute Gasteiger partial charge is 0.493 e. The van der Waals surface area contributed by atoms with Gasteiger partial charge in [-0.05, 0) is 37.4 Å². The Labute approximate surface area is 155 Å². The zero-order valence-electron chi connectivity index (χ0n) is 15.8. The van der Waals surface area contributed by atoms with E-state index in [2.05, 4.69) is 16.3 Å². The molecule has 2 rings (SSSR count). The number of nitrogens with one attached hydrogen (secondary N) is 1. The highest BCUT2D eigenvalue weighted by atomic mass is 16.5. The quantitative estimate of drug-likeness (QED) is 0.740. The molecule has 0 aliphatic carbocycles. The fraction of sp³-hybridized carbons (Fsp3) is 0.286. The maximum atomic E-state index is 12.2. The number of nitrogens with zero attached hydrogens (tertiary/aromatic N) is 1. The average molecular weight is 354 g/mol. The Kier molecular flexibility index (Phi) is 7.24. The van der Waals surface area contributed by atoms with Crippen LogP contribution in [0.15, 0.2) is 48.5 Å². The van der Waals surface area contributed by atoms with E-state index in [1.165, 1.54) is 11.6 Å². The molecule has 0 saturated heterocycles. The zero-order valence-corrected chi connectivity index (χ0v) is 15.8. The molecule has 1 amide bonds. The molecule has 0 aromatic heterocycles. The molecule has 0 radical (unpaired) electrons. The van der Waals surface area contributed by atoms with Gasteiger partial charge >= 0.3 is 0 Å². The first-order valence-electron chi connectivity index (χ1n) is 8.43. The Balaban J connectivity index is 2.03. The minimum atomic E-state index is -0.158. The summed E-state index contributed by atoms with van der Waals surface area (Å²) in [6, 6.07) is 13.7. The first-order valence-corrected chi connectivity index (χ1v) is 8.43. The van der Waals surface area contributed by atoms with E-state index in [0.29, 0.717) is 18.0 Å². The highest BCUT2D eigenvalue weighted by molar-refractivity contribution is 5.92. The number of hydrogen-bond acceptors (Lipinski definition) is 4. The maximum Gasteiger partial charge on any atom is 0.244 e. The number of hydrogen-bond donors (Lipinski definition) is 1. The van der Waals surface area contributed by atoms with Crippen LogP contribution in [-0.4, -0.2) is 39.1 Å². The van der Waals surface area contributed by atoms with Crippen molar-refractivity contribution in [2.45, 2.75) is 13.1 Å². The second kappa shape index (κ2) is 9.63. The molecule has 5 nitrogen and oxygen atoms in total. The lowest BCUT2D eigenvalue weighted by atomic mass is 10.1. The average Bonchev–Trinajstić information content (AvgIpc) is 2.64. The summed E-state index contributed by atoms with van der Waals surface area (Å²) < 4.78 is 10.6. The summed E-state index contributed by atoms with van der Waals surface area (Å²) in [5.41, 5.74) is 3.10. The van der Waals surface area contributed by atoms with Crippen molar-refractivity contribution in [3.8, 4) is 11.5 Å². The van der Waals surface area contributed by atoms with Gasteiger partial charge in [0, 0.05) is 24.7 Å². The van der Waals surface area contributed by atoms with E-state index in [1.807, 2.05) is 50.5 Å². The second-order valence-corrected chi connectivity index (χ2v) is 6.14. The van der Waals surface area contributed by atoms with E-state index in [0.717, 1.165) is 17.7 Å². The summed E-state index contributed by atoms with van der Waals surface area (Å²) in [6.07, 6.45) is 3.23. The number of amides is 1. The first kappa shape index (κ1) is 19.5. The Hall–Kier alpha value is -2.79. The number of ether oxygens (including phenoxy) is 2. The van der Waals surface area contributed by atoms with Gasteiger partial charge in [-0.25, -0.2) is 0 Å². The SMILES string of the molecule is COc1cccc(/C=C/C(=O)NCc2ccccc2CN(C)C)c1OC. The van der Waals surface area contributed by atoms with Gasteiger partial charge in [-0.2, -0.15) is 0 Å². The van der Waals surface area contributed by atoms with Crippen molar-refractivity contribution in [3.05, 3.63) is 65.2 Å². The number of rotatable bonds is 8. The van der Waals surface area contributed by atoms with Crippen molar-refractivity contribution in [1.82, 2.24) is 10.2 Å². The number of methoxy groups -OCH3 is 2. The molecule has 0 atom stereocenters. The number of para-hydroxylation sites is 1. The predicted molar refractivity (Wildman–Crippen MR) is 104 cm³/mol. The number of carbonyl (C=O) groups is 1. The molecular weight excluding hydrogens is 328 g/mol. The van der Waals surface area contributed by atoms with Gasteiger partial charge in [-0.3, -0.25) is 4.79 Å². The molecule has 0 aliphatic rings. The molecule has 5 heteroatoms. The van der Waals surface area contributed by atoms with Crippen LogP contribution >= 0.6 is 0 Å². The third kappa shape index (κ3) is 5.36. The predicted octanol–water partition coefficient (Wildman–Crippen LogP) is 3.10. The molecule has 0 unspecified atom stereocenters. The maximum absolute atomic E-state index is 12.2. The summed E-state index contributed by atoms with van der Waals surface area (Å²) in [5, 5.41) is 2.93. The van der Waals surface area contributed by atoms with Crippen molar-refractivity contribution in [3.63, 3.8) is 0 Å². The Bertz CT molecular complexity index is 770. The summed E-state index contributed by atoms with van der Waals surface area (Å²) in [6.45, 7) is 1.32. The van der Waals surface area contributed by atoms with Gasteiger partial charge in [0.1, 0.15) is 0 Å². The minimum Gasteiger partial charge on any atom is -0.493 e. The summed E-state index contributed by atoms with van der Waals surface area (Å²) in [4.78, 5) is 14.3. The van der Waals surface area contributed by atoms with Crippen LogP contribution < -0.4 is 14.8 Å². The van der Waals surface area contributed by atoms with Gasteiger partial charge in [0.2, 0.25) is 5.91 Å². The van der Waals surface area contributed by atoms with Crippen molar-refractivity contribution in [2.24, 2.45) is 0 Å². The van der Waals surface area contributed by atoms with E-state index >= 15 is 0 Å². The van der Waals surface area contributed by atoms with Gasteiger partial charge < -0.3 is 19.7 Å². The van der Waals surface area contributed by atoms with E-state index in [1.54, 1.807) is 20.3 Å². The van der Waals surface area contributed by atoms with Crippen molar-refractivity contribution < 1.29 is 14.3 Å². The standard InChI is InChI=1S/C21H26N2O3/c1-23(2)15-18-9-6-5-8-17(18)14-22-20(24)13-12-16-10-7-11-19(25-3)21(16)26-4/h5-13H,14-15H2,1-4H3,(H,22,24)/b13-12+. The molecular formula is C21H26N2O3. The fourth-order valence-corrected chi connectivity index (χ4v) is 2.67. The van der Waals surface area contributed by atoms with Crippen LogP contribution in [-0.2, 0) is 17.9 Å². The summed E-state index contributed by atoms with van der Waals surface area (Å²) in [5.74, 6) is 1.08. The van der Waals surface area contributed by atoms with Crippen LogP contribution in [0, 0.1) is 0 Å². The fourth-order valence-electron chi connectivity index (χ4n) is 2.67. The molecule has 0 bridgehead atoms. The highest BCUT2D eigenvalue weighted by Gasteiger charge is 2.08. The normalized spacial score (nSPS) is 11.0. The third-order valence-corrected chi connectivity index (χ3v) is 3.91. The van der Waals surface area contributed by atoms with E-state index < -0.39 is 0 Å². The van der Waals surface area contributed by atoms with Crippen LogP contribution in [0.5, 0.6) is 11.5 Å². The molecule has 0 heterocycles. The van der Waals surface area contributed by atoms with E-state index in [4.69, 9.17) is 9.47 Å². The van der Waals surface area contributed by atoms with Crippen LogP contribution in [0.4, 0.5) is 0 Å². The monoisotopic (exact) mass is 354 g/mol. The first-order chi connectivity index (χ1) is 12.5. The number of carbonyl (C=O) groups excluding carboxylic acids is 1. The topological polar surface area (TPSA) is 50.8 Å². The second-order valence-electron chi connectivity index (χ2n) is 6.14. The lowest BCUT2D eigenvalue weighted by molar-refractivity contribution is -0.116. The van der Waals surface area contributed by atoms with Crippen molar-refractivity contribution in [2.75, 3.05) is 28.3 Å². The van der Waals surface area contributed by atoms with Crippen LogP contribution in [0.25, 0.3) is 6.08 Å². The van der Waals surface area contributed by atoms with Gasteiger partial charge in [-0.15, -0.1) is 0 Å². The van der Waals surface area contributed by atoms with E-state index in [9.17, 15) is 4.79 Å². The smallest absolute Gasteiger partial charge is 0.244 e. The Morgan fingerprint density at radius 3 is 2.42 bits per heavy atom. The molecule has 2 aromatic rings. The third-order valence-electron chi connectivity index (χ3n) is 3.91.